The van der Waals surface area contributed by atoms with Crippen molar-refractivity contribution in [1.82, 2.24) is 9.42 Å². The monoisotopic (exact) mass is 508 g/mol. The van der Waals surface area contributed by atoms with E-state index in [1.54, 1.807) is 35.5 Å². The molecule has 0 aromatic heterocycles. The topological polar surface area (TPSA) is 57.7 Å². The van der Waals surface area contributed by atoms with E-state index in [2.05, 4.69) is 15.9 Å². The van der Waals surface area contributed by atoms with Crippen LogP contribution >= 0.6 is 15.9 Å². The number of carbonyl (C=O) groups excluding carboxylic acids is 1. The van der Waals surface area contributed by atoms with Crippen LogP contribution in [-0.4, -0.2) is 23.7 Å². The average Bonchev–Trinajstić information content (AvgIpc) is 2.78. The minimum atomic E-state index is -4.07. The number of halogens is 1. The van der Waals surface area contributed by atoms with E-state index in [4.69, 9.17) is 0 Å². The molecule has 0 bridgehead atoms. The Morgan fingerprint density at radius 3 is 2.41 bits per heavy atom. The lowest BCUT2D eigenvalue weighted by Gasteiger charge is -2.48. The summed E-state index contributed by atoms with van der Waals surface area (Å²) in [5.74, 6) is -0.626. The van der Waals surface area contributed by atoms with Crippen molar-refractivity contribution in [3.8, 4) is 0 Å². The molecule has 0 spiro atoms. The number of aryl methyl sites for hydroxylation is 1. The molecule has 5 nitrogen and oxygen atoms in total. The van der Waals surface area contributed by atoms with Crippen LogP contribution in [0.15, 0.2) is 88.4 Å². The van der Waals surface area contributed by atoms with Crippen molar-refractivity contribution in [3.63, 3.8) is 0 Å². The predicted molar refractivity (Wildman–Crippen MR) is 127 cm³/mol. The number of carbonyl (C=O) groups is 1. The number of fused-ring (bicyclic) bond motifs is 3. The first-order chi connectivity index (χ1) is 15.4. The van der Waals surface area contributed by atoms with Crippen molar-refractivity contribution in [1.29, 1.82) is 0 Å². The zero-order valence-corrected chi connectivity index (χ0v) is 19.8. The molecule has 2 atom stereocenters. The summed E-state index contributed by atoms with van der Waals surface area (Å²) < 4.78 is 29.1. The van der Waals surface area contributed by atoms with Crippen LogP contribution < -0.4 is 0 Å². The molecule has 1 fully saturated rings. The molecule has 0 radical (unpaired) electrons. The van der Waals surface area contributed by atoms with Crippen molar-refractivity contribution in [2.45, 2.75) is 30.2 Å². The highest BCUT2D eigenvalue weighted by Crippen LogP contribution is 2.48. The Morgan fingerprint density at radius 1 is 0.969 bits per heavy atom. The third-order valence-corrected chi connectivity index (χ3v) is 8.24. The van der Waals surface area contributed by atoms with E-state index in [0.29, 0.717) is 0 Å². The molecule has 1 amide bonds. The molecule has 2 aliphatic rings. The molecule has 32 heavy (non-hydrogen) atoms. The van der Waals surface area contributed by atoms with Crippen LogP contribution in [0.25, 0.3) is 6.08 Å². The van der Waals surface area contributed by atoms with E-state index in [1.807, 2.05) is 61.5 Å². The lowest BCUT2D eigenvalue weighted by molar-refractivity contribution is -0.144. The van der Waals surface area contributed by atoms with Crippen LogP contribution in [0.1, 0.15) is 40.6 Å². The van der Waals surface area contributed by atoms with E-state index in [-0.39, 0.29) is 23.3 Å². The molecule has 0 N–H and O–H groups in total. The molecule has 7 heteroatoms. The predicted octanol–water partition coefficient (Wildman–Crippen LogP) is 5.40. The summed E-state index contributed by atoms with van der Waals surface area (Å²) in [5.41, 5.74) is 3.95. The van der Waals surface area contributed by atoms with E-state index >= 15 is 0 Å². The maximum absolute atomic E-state index is 13.6. The van der Waals surface area contributed by atoms with Gasteiger partial charge in [0.25, 0.3) is 15.9 Å². The van der Waals surface area contributed by atoms with E-state index in [0.717, 1.165) is 31.1 Å². The number of amides is 1. The van der Waals surface area contributed by atoms with E-state index < -0.39 is 15.9 Å². The molecule has 0 unspecified atom stereocenters. The maximum Gasteiger partial charge on any atom is 0.284 e. The van der Waals surface area contributed by atoms with Crippen LogP contribution in [-0.2, 0) is 14.8 Å². The summed E-state index contributed by atoms with van der Waals surface area (Å²) in [5, 5.41) is 1.59. The minimum absolute atomic E-state index is 0.0968. The second kappa shape index (κ2) is 7.90. The van der Waals surface area contributed by atoms with Crippen LogP contribution in [0.2, 0.25) is 0 Å². The van der Waals surface area contributed by atoms with Gasteiger partial charge in [-0.2, -0.15) is 8.42 Å². The second-order valence-electron chi connectivity index (χ2n) is 8.09. The summed E-state index contributed by atoms with van der Waals surface area (Å²) in [6.07, 6.45) is 3.66. The van der Waals surface area contributed by atoms with Crippen LogP contribution in [0, 0.1) is 6.92 Å². The summed E-state index contributed by atoms with van der Waals surface area (Å²) in [7, 11) is -4.07. The highest BCUT2D eigenvalue weighted by molar-refractivity contribution is 9.10. The molecule has 3 aromatic carbocycles. The van der Waals surface area contributed by atoms with Gasteiger partial charge in [0.05, 0.1) is 10.9 Å². The molecule has 2 aliphatic heterocycles. The van der Waals surface area contributed by atoms with Crippen molar-refractivity contribution < 1.29 is 13.2 Å². The molecule has 162 valence electrons. The largest absolute Gasteiger partial charge is 0.284 e. The SMILES string of the molecule is Cc1ccc(S(=O)(=O)N2C(=O)C[C@H](c3ccccc3)[C@@H]3c4ccc(Br)cc4C=CN32)cc1. The number of rotatable bonds is 3. The zero-order valence-electron chi connectivity index (χ0n) is 17.4. The average molecular weight is 509 g/mol. The lowest BCUT2D eigenvalue weighted by atomic mass is 9.80. The molecular formula is C25H21BrN2O3S. The fourth-order valence-corrected chi connectivity index (χ4v) is 6.31. The zero-order chi connectivity index (χ0) is 22.5. The third kappa shape index (κ3) is 3.45. The van der Waals surface area contributed by atoms with Gasteiger partial charge in [-0.3, -0.25) is 9.80 Å². The third-order valence-electron chi connectivity index (χ3n) is 6.03. The Hall–Kier alpha value is -2.90. The van der Waals surface area contributed by atoms with Crippen molar-refractivity contribution in [2.24, 2.45) is 0 Å². The first-order valence-electron chi connectivity index (χ1n) is 10.3. The van der Waals surface area contributed by atoms with Crippen molar-refractivity contribution >= 4 is 37.9 Å². The van der Waals surface area contributed by atoms with Gasteiger partial charge in [-0.25, -0.2) is 0 Å². The Labute approximate surface area is 196 Å². The molecule has 3 aromatic rings. The number of hydrogen-bond acceptors (Lipinski definition) is 4. The van der Waals surface area contributed by atoms with Gasteiger partial charge in [-0.1, -0.05) is 70.0 Å². The Balaban J connectivity index is 1.66. The molecule has 5 rings (SSSR count). The van der Waals surface area contributed by atoms with Crippen LogP contribution in [0.3, 0.4) is 0 Å². The standard InChI is InChI=1S/C25H21BrN2O3S/c1-17-7-10-21(11-8-17)32(30,31)28-24(29)16-23(18-5-3-2-4-6-18)25-22-12-9-20(26)15-19(22)13-14-27(25)28/h2-15,23,25H,16H2,1H3/t23-,25+/m1/s1. The first-order valence-corrected chi connectivity index (χ1v) is 12.6. The van der Waals surface area contributed by atoms with Crippen molar-refractivity contribution in [2.75, 3.05) is 0 Å². The van der Waals surface area contributed by atoms with Crippen LogP contribution in [0.5, 0.6) is 0 Å². The van der Waals surface area contributed by atoms with Crippen LogP contribution in [0.4, 0.5) is 0 Å². The summed E-state index contributed by atoms with van der Waals surface area (Å²) in [6.45, 7) is 1.89. The van der Waals surface area contributed by atoms with Gasteiger partial charge in [0, 0.05) is 23.0 Å². The van der Waals surface area contributed by atoms with Gasteiger partial charge in [0.2, 0.25) is 0 Å². The molecule has 2 heterocycles. The molecule has 0 aliphatic carbocycles. The minimum Gasteiger partial charge on any atom is -0.272 e. The lowest BCUT2D eigenvalue weighted by Crippen LogP contribution is -2.55. The van der Waals surface area contributed by atoms with Gasteiger partial charge in [0.15, 0.2) is 0 Å². The normalized spacial score (nSPS) is 20.1. The van der Waals surface area contributed by atoms with Gasteiger partial charge >= 0.3 is 0 Å². The fourth-order valence-electron chi connectivity index (χ4n) is 4.50. The highest BCUT2D eigenvalue weighted by Gasteiger charge is 2.47. The van der Waals surface area contributed by atoms with Gasteiger partial charge < -0.3 is 0 Å². The molecular weight excluding hydrogens is 488 g/mol. The molecule has 1 saturated heterocycles. The molecule has 0 saturated carbocycles. The Morgan fingerprint density at radius 2 is 1.69 bits per heavy atom. The summed E-state index contributed by atoms with van der Waals surface area (Å²) >= 11 is 3.52. The van der Waals surface area contributed by atoms with E-state index in [9.17, 15) is 13.2 Å². The Kier molecular flexibility index (Phi) is 5.18. The van der Waals surface area contributed by atoms with E-state index in [1.165, 1.54) is 0 Å². The van der Waals surface area contributed by atoms with Gasteiger partial charge in [-0.15, -0.1) is 4.41 Å². The number of nitrogens with zero attached hydrogens (tertiary/aromatic N) is 2. The summed E-state index contributed by atoms with van der Waals surface area (Å²) in [4.78, 5) is 13.4. The second-order valence-corrected chi connectivity index (χ2v) is 10.8. The van der Waals surface area contributed by atoms with Crippen molar-refractivity contribution in [3.05, 3.63) is 106 Å². The summed E-state index contributed by atoms with van der Waals surface area (Å²) in [6, 6.07) is 22.0. The quantitative estimate of drug-likeness (QED) is 0.474. The smallest absolute Gasteiger partial charge is 0.272 e. The number of hydrazine groups is 1. The first kappa shape index (κ1) is 21.0. The Bertz CT molecular complexity index is 1320. The maximum atomic E-state index is 13.6. The number of sulfonamides is 1. The van der Waals surface area contributed by atoms with Gasteiger partial charge in [0.1, 0.15) is 0 Å². The highest BCUT2D eigenvalue weighted by atomic mass is 79.9. The number of hydrogen-bond donors (Lipinski definition) is 0. The number of benzene rings is 3. The fraction of sp³-hybridized carbons (Fsp3) is 0.160. The van der Waals surface area contributed by atoms with Gasteiger partial charge in [-0.05, 0) is 54.0 Å².